The van der Waals surface area contributed by atoms with Crippen molar-refractivity contribution in [3.63, 3.8) is 0 Å². The Balaban J connectivity index is 1.73. The summed E-state index contributed by atoms with van der Waals surface area (Å²) in [6, 6.07) is 11.4. The monoisotopic (exact) mass is 342 g/mol. The van der Waals surface area contributed by atoms with Crippen LogP contribution in [0.25, 0.3) is 11.0 Å². The Bertz CT molecular complexity index is 763. The second-order valence-corrected chi connectivity index (χ2v) is 6.78. The van der Waals surface area contributed by atoms with Crippen molar-refractivity contribution in [2.75, 3.05) is 12.0 Å². The average molecular weight is 342 g/mol. The minimum absolute atomic E-state index is 0.0215. The standard InChI is InChI=1S/C18H22N4OS/c1-13(17-20-14-7-3-4-8-15(14)21-17)19-18(23)16(9-12-24-2)22-10-5-6-11-22/h3-8,10-11,13,16H,9,12H2,1-2H3,(H,19,23)(H,20,21). The number of rotatable bonds is 7. The fourth-order valence-electron chi connectivity index (χ4n) is 2.76. The van der Waals surface area contributed by atoms with Gasteiger partial charge >= 0.3 is 0 Å². The Morgan fingerprint density at radius 1 is 1.29 bits per heavy atom. The molecule has 2 unspecified atom stereocenters. The number of hydrogen-bond donors (Lipinski definition) is 2. The maximum Gasteiger partial charge on any atom is 0.243 e. The summed E-state index contributed by atoms with van der Waals surface area (Å²) in [4.78, 5) is 20.6. The van der Waals surface area contributed by atoms with E-state index in [0.29, 0.717) is 0 Å². The van der Waals surface area contributed by atoms with Gasteiger partial charge in [-0.25, -0.2) is 4.98 Å². The second-order valence-electron chi connectivity index (χ2n) is 5.80. The number of fused-ring (bicyclic) bond motifs is 1. The molecule has 2 atom stereocenters. The quantitative estimate of drug-likeness (QED) is 0.690. The molecule has 0 spiro atoms. The van der Waals surface area contributed by atoms with Crippen molar-refractivity contribution < 1.29 is 4.79 Å². The van der Waals surface area contributed by atoms with Crippen molar-refractivity contribution in [2.45, 2.75) is 25.4 Å². The normalized spacial score (nSPS) is 13.8. The zero-order valence-corrected chi connectivity index (χ0v) is 14.7. The number of carbonyl (C=O) groups is 1. The number of H-pyrrole nitrogens is 1. The summed E-state index contributed by atoms with van der Waals surface area (Å²) >= 11 is 1.75. The van der Waals surface area contributed by atoms with Crippen molar-refractivity contribution in [1.82, 2.24) is 19.9 Å². The highest BCUT2D eigenvalue weighted by atomic mass is 32.2. The molecule has 2 heterocycles. The zero-order chi connectivity index (χ0) is 16.9. The number of nitrogens with one attached hydrogen (secondary N) is 2. The lowest BCUT2D eigenvalue weighted by molar-refractivity contribution is -0.125. The molecular formula is C18H22N4OS. The van der Waals surface area contributed by atoms with Crippen molar-refractivity contribution in [3.05, 3.63) is 54.6 Å². The maximum atomic E-state index is 12.8. The first-order valence-corrected chi connectivity index (χ1v) is 9.45. The average Bonchev–Trinajstić information content (AvgIpc) is 3.24. The van der Waals surface area contributed by atoms with Crippen LogP contribution in [0.1, 0.15) is 31.3 Å². The third kappa shape index (κ3) is 3.64. The Kier molecular flexibility index (Phi) is 5.25. The van der Waals surface area contributed by atoms with E-state index >= 15 is 0 Å². The molecule has 0 fully saturated rings. The van der Waals surface area contributed by atoms with Crippen molar-refractivity contribution in [2.24, 2.45) is 0 Å². The van der Waals surface area contributed by atoms with Gasteiger partial charge in [-0.15, -0.1) is 0 Å². The molecule has 0 bridgehead atoms. The van der Waals surface area contributed by atoms with Gasteiger partial charge in [-0.3, -0.25) is 4.79 Å². The van der Waals surface area contributed by atoms with Gasteiger partial charge in [-0.05, 0) is 49.6 Å². The number of para-hydroxylation sites is 2. The number of aromatic nitrogens is 3. The molecule has 2 aromatic heterocycles. The summed E-state index contributed by atoms with van der Waals surface area (Å²) in [6.45, 7) is 1.96. The van der Waals surface area contributed by atoms with Gasteiger partial charge in [0.05, 0.1) is 17.1 Å². The number of amides is 1. The first-order chi connectivity index (χ1) is 11.7. The molecule has 5 nitrogen and oxygen atoms in total. The van der Waals surface area contributed by atoms with Gasteiger partial charge in [-0.1, -0.05) is 12.1 Å². The topological polar surface area (TPSA) is 62.7 Å². The number of hydrogen-bond acceptors (Lipinski definition) is 3. The lowest BCUT2D eigenvalue weighted by Crippen LogP contribution is -2.34. The number of thioether (sulfide) groups is 1. The van der Waals surface area contributed by atoms with Gasteiger partial charge in [0.1, 0.15) is 11.9 Å². The molecule has 24 heavy (non-hydrogen) atoms. The first kappa shape index (κ1) is 16.6. The third-order valence-electron chi connectivity index (χ3n) is 4.06. The first-order valence-electron chi connectivity index (χ1n) is 8.05. The van der Waals surface area contributed by atoms with E-state index in [1.54, 1.807) is 11.8 Å². The fourth-order valence-corrected chi connectivity index (χ4v) is 3.22. The van der Waals surface area contributed by atoms with Crippen LogP contribution >= 0.6 is 11.8 Å². The molecule has 0 saturated heterocycles. The van der Waals surface area contributed by atoms with Crippen LogP contribution in [0.3, 0.4) is 0 Å². The Hall–Kier alpha value is -2.21. The van der Waals surface area contributed by atoms with E-state index in [0.717, 1.165) is 29.0 Å². The van der Waals surface area contributed by atoms with Crippen LogP contribution < -0.4 is 5.32 Å². The van der Waals surface area contributed by atoms with Gasteiger partial charge in [0.15, 0.2) is 0 Å². The van der Waals surface area contributed by atoms with Gasteiger partial charge in [0.25, 0.3) is 0 Å². The van der Waals surface area contributed by atoms with Gasteiger partial charge in [-0.2, -0.15) is 11.8 Å². The van der Waals surface area contributed by atoms with Crippen molar-refractivity contribution >= 4 is 28.7 Å². The summed E-state index contributed by atoms with van der Waals surface area (Å²) in [5.41, 5.74) is 1.90. The molecule has 6 heteroatoms. The summed E-state index contributed by atoms with van der Waals surface area (Å²) in [5.74, 6) is 1.74. The SMILES string of the molecule is CSCCC(C(=O)NC(C)c1nc2ccccc2[nH]1)n1cccc1. The minimum Gasteiger partial charge on any atom is -0.345 e. The molecule has 3 aromatic rings. The Morgan fingerprint density at radius 3 is 2.75 bits per heavy atom. The largest absolute Gasteiger partial charge is 0.345 e. The molecule has 0 radical (unpaired) electrons. The summed E-state index contributed by atoms with van der Waals surface area (Å²) in [5, 5.41) is 3.09. The van der Waals surface area contributed by atoms with E-state index in [2.05, 4.69) is 21.5 Å². The molecule has 3 rings (SSSR count). The van der Waals surface area contributed by atoms with E-state index in [-0.39, 0.29) is 18.0 Å². The van der Waals surface area contributed by atoms with Crippen LogP contribution in [0.5, 0.6) is 0 Å². The van der Waals surface area contributed by atoms with Gasteiger partial charge in [0.2, 0.25) is 5.91 Å². The fraction of sp³-hybridized carbons (Fsp3) is 0.333. The number of carbonyl (C=O) groups excluding carboxylic acids is 1. The van der Waals surface area contributed by atoms with Crippen LogP contribution in [0.15, 0.2) is 48.8 Å². The van der Waals surface area contributed by atoms with Gasteiger partial charge < -0.3 is 14.9 Å². The van der Waals surface area contributed by atoms with E-state index in [1.807, 2.05) is 60.3 Å². The highest BCUT2D eigenvalue weighted by Crippen LogP contribution is 2.19. The Labute approximate surface area is 145 Å². The molecule has 126 valence electrons. The van der Waals surface area contributed by atoms with Crippen LogP contribution in [0, 0.1) is 0 Å². The highest BCUT2D eigenvalue weighted by Gasteiger charge is 2.22. The molecule has 0 aliphatic heterocycles. The predicted octanol–water partition coefficient (Wildman–Crippen LogP) is 3.54. The lowest BCUT2D eigenvalue weighted by Gasteiger charge is -2.20. The lowest BCUT2D eigenvalue weighted by atomic mass is 10.2. The summed E-state index contributed by atoms with van der Waals surface area (Å²) in [6.07, 6.45) is 6.74. The summed E-state index contributed by atoms with van der Waals surface area (Å²) in [7, 11) is 0. The molecule has 1 aromatic carbocycles. The molecule has 0 aliphatic rings. The van der Waals surface area contributed by atoms with E-state index in [9.17, 15) is 4.79 Å². The van der Waals surface area contributed by atoms with Crippen molar-refractivity contribution in [3.8, 4) is 0 Å². The number of imidazole rings is 1. The van der Waals surface area contributed by atoms with Crippen LogP contribution in [0.2, 0.25) is 0 Å². The highest BCUT2D eigenvalue weighted by molar-refractivity contribution is 7.98. The van der Waals surface area contributed by atoms with E-state index in [4.69, 9.17) is 0 Å². The molecule has 0 aliphatic carbocycles. The molecule has 2 N–H and O–H groups in total. The number of nitrogens with zero attached hydrogens (tertiary/aromatic N) is 2. The van der Waals surface area contributed by atoms with Gasteiger partial charge in [0, 0.05) is 12.4 Å². The minimum atomic E-state index is -0.195. The third-order valence-corrected chi connectivity index (χ3v) is 4.71. The smallest absolute Gasteiger partial charge is 0.243 e. The number of benzene rings is 1. The van der Waals surface area contributed by atoms with Crippen LogP contribution in [-0.4, -0.2) is 32.5 Å². The maximum absolute atomic E-state index is 12.8. The number of aromatic amines is 1. The molecular weight excluding hydrogens is 320 g/mol. The summed E-state index contributed by atoms with van der Waals surface area (Å²) < 4.78 is 1.97. The zero-order valence-electron chi connectivity index (χ0n) is 13.9. The van der Waals surface area contributed by atoms with E-state index in [1.165, 1.54) is 0 Å². The van der Waals surface area contributed by atoms with Crippen molar-refractivity contribution in [1.29, 1.82) is 0 Å². The Morgan fingerprint density at radius 2 is 2.04 bits per heavy atom. The second kappa shape index (κ2) is 7.57. The molecule has 0 saturated carbocycles. The molecule has 1 amide bonds. The van der Waals surface area contributed by atoms with E-state index < -0.39 is 0 Å². The van der Waals surface area contributed by atoms with Crippen LogP contribution in [0.4, 0.5) is 0 Å². The van der Waals surface area contributed by atoms with Crippen LogP contribution in [-0.2, 0) is 4.79 Å². The predicted molar refractivity (Wildman–Crippen MR) is 99.1 cm³/mol.